The summed E-state index contributed by atoms with van der Waals surface area (Å²) in [6.45, 7) is 1.62. The Kier molecular flexibility index (Phi) is 8.86. The minimum absolute atomic E-state index is 0.0378. The maximum atomic E-state index is 12.8. The monoisotopic (exact) mass is 604 g/mol. The van der Waals surface area contributed by atoms with Crippen molar-refractivity contribution in [3.8, 4) is 34.5 Å². The van der Waals surface area contributed by atoms with Crippen molar-refractivity contribution in [1.82, 2.24) is 0 Å². The Labute approximate surface area is 256 Å². The SMILES string of the molecule is Cc1c(OC(=O)c2ccc(C(=O)Oc3ccc(O)cc3)cc2)cccc1OC(=O)c1ccc(C(=O)Oc2ccc(O)cc2)cc1. The summed E-state index contributed by atoms with van der Waals surface area (Å²) in [5.41, 5.74) is 1.13. The molecule has 5 aromatic rings. The van der Waals surface area contributed by atoms with Crippen molar-refractivity contribution in [3.63, 3.8) is 0 Å². The highest BCUT2D eigenvalue weighted by atomic mass is 16.6. The molecule has 224 valence electrons. The van der Waals surface area contributed by atoms with E-state index in [1.165, 1.54) is 97.1 Å². The zero-order valence-corrected chi connectivity index (χ0v) is 23.6. The summed E-state index contributed by atoms with van der Waals surface area (Å²) >= 11 is 0. The molecule has 0 unspecified atom stereocenters. The zero-order valence-electron chi connectivity index (χ0n) is 23.6. The van der Waals surface area contributed by atoms with Crippen LogP contribution in [0, 0.1) is 6.92 Å². The number of hydrogen-bond donors (Lipinski definition) is 2. The van der Waals surface area contributed by atoms with Crippen LogP contribution >= 0.6 is 0 Å². The molecule has 5 aromatic carbocycles. The summed E-state index contributed by atoms with van der Waals surface area (Å²) in [7, 11) is 0. The van der Waals surface area contributed by atoms with Crippen LogP contribution in [0.25, 0.3) is 0 Å². The molecule has 45 heavy (non-hydrogen) atoms. The number of phenolic OH excluding ortho intramolecular Hbond substituents is 2. The average Bonchev–Trinajstić information content (AvgIpc) is 3.05. The topological polar surface area (TPSA) is 146 Å². The maximum absolute atomic E-state index is 12.8. The van der Waals surface area contributed by atoms with Crippen molar-refractivity contribution in [3.05, 3.63) is 143 Å². The molecule has 0 atom stereocenters. The first kappa shape index (κ1) is 30.1. The van der Waals surface area contributed by atoms with Gasteiger partial charge < -0.3 is 29.2 Å². The maximum Gasteiger partial charge on any atom is 0.343 e. The molecule has 0 amide bonds. The molecule has 0 saturated heterocycles. The standard InChI is InChI=1S/C35H24O10/c1-21-30(44-34(40)24-9-5-22(6-10-24)32(38)42-28-17-13-26(36)14-18-28)3-2-4-31(21)45-35(41)25-11-7-23(8-12-25)33(39)43-29-19-15-27(37)16-20-29/h2-20,36-37H,1H3. The van der Waals surface area contributed by atoms with E-state index in [0.717, 1.165) is 0 Å². The number of esters is 4. The van der Waals surface area contributed by atoms with Gasteiger partial charge in [0.05, 0.1) is 22.3 Å². The molecular weight excluding hydrogens is 580 g/mol. The first-order valence-electron chi connectivity index (χ1n) is 13.4. The third-order valence-electron chi connectivity index (χ3n) is 6.45. The van der Waals surface area contributed by atoms with E-state index in [9.17, 15) is 29.4 Å². The van der Waals surface area contributed by atoms with E-state index >= 15 is 0 Å². The lowest BCUT2D eigenvalue weighted by atomic mass is 10.1. The molecule has 10 heteroatoms. The van der Waals surface area contributed by atoms with Crippen molar-refractivity contribution < 1.29 is 48.3 Å². The van der Waals surface area contributed by atoms with E-state index in [0.29, 0.717) is 5.56 Å². The van der Waals surface area contributed by atoms with Gasteiger partial charge in [-0.15, -0.1) is 0 Å². The smallest absolute Gasteiger partial charge is 0.343 e. The van der Waals surface area contributed by atoms with Gasteiger partial charge in [0.25, 0.3) is 0 Å². The number of ether oxygens (including phenoxy) is 4. The second kappa shape index (κ2) is 13.3. The number of carbonyl (C=O) groups excluding carboxylic acids is 4. The van der Waals surface area contributed by atoms with Crippen molar-refractivity contribution in [2.45, 2.75) is 6.92 Å². The van der Waals surface area contributed by atoms with Gasteiger partial charge in [0.1, 0.15) is 34.5 Å². The summed E-state index contributed by atoms with van der Waals surface area (Å²) in [5.74, 6) is -1.79. The van der Waals surface area contributed by atoms with Crippen molar-refractivity contribution >= 4 is 23.9 Å². The quantitative estimate of drug-likeness (QED) is 0.153. The Morgan fingerprint density at radius 2 is 0.711 bits per heavy atom. The molecular formula is C35H24O10. The molecule has 0 aliphatic heterocycles. The van der Waals surface area contributed by atoms with Crippen LogP contribution in [0.2, 0.25) is 0 Å². The second-order valence-electron chi connectivity index (χ2n) is 9.58. The van der Waals surface area contributed by atoms with E-state index in [1.54, 1.807) is 25.1 Å². The van der Waals surface area contributed by atoms with Crippen molar-refractivity contribution in [2.24, 2.45) is 0 Å². The lowest BCUT2D eigenvalue weighted by Gasteiger charge is -2.12. The fourth-order valence-electron chi connectivity index (χ4n) is 3.98. The molecule has 5 rings (SSSR count). The summed E-state index contributed by atoms with van der Waals surface area (Å²) < 4.78 is 21.6. The molecule has 0 aliphatic carbocycles. The minimum atomic E-state index is -0.699. The normalized spacial score (nSPS) is 10.4. The molecule has 0 radical (unpaired) electrons. The van der Waals surface area contributed by atoms with Gasteiger partial charge in [-0.1, -0.05) is 6.07 Å². The molecule has 0 spiro atoms. The summed E-state index contributed by atoms with van der Waals surface area (Å²) in [4.78, 5) is 50.4. The van der Waals surface area contributed by atoms with Crippen molar-refractivity contribution in [1.29, 1.82) is 0 Å². The van der Waals surface area contributed by atoms with Crippen LogP contribution in [0.15, 0.2) is 115 Å². The lowest BCUT2D eigenvalue weighted by Crippen LogP contribution is -2.13. The van der Waals surface area contributed by atoms with Gasteiger partial charge in [-0.25, -0.2) is 19.2 Å². The van der Waals surface area contributed by atoms with Crippen LogP contribution in [0.3, 0.4) is 0 Å². The number of hydrogen-bond acceptors (Lipinski definition) is 10. The van der Waals surface area contributed by atoms with Gasteiger partial charge in [0, 0.05) is 5.56 Å². The van der Waals surface area contributed by atoms with Gasteiger partial charge in [-0.2, -0.15) is 0 Å². The van der Waals surface area contributed by atoms with E-state index < -0.39 is 23.9 Å². The molecule has 0 aliphatic rings. The predicted octanol–water partition coefficient (Wildman–Crippen LogP) is 6.28. The lowest BCUT2D eigenvalue weighted by molar-refractivity contribution is 0.0712. The van der Waals surface area contributed by atoms with Crippen LogP contribution in [-0.4, -0.2) is 34.1 Å². The van der Waals surface area contributed by atoms with Crippen LogP contribution < -0.4 is 18.9 Å². The summed E-state index contributed by atoms with van der Waals surface area (Å²) in [6.07, 6.45) is 0. The molecule has 2 N–H and O–H groups in total. The number of benzene rings is 5. The number of aromatic hydroxyl groups is 2. The van der Waals surface area contributed by atoms with Crippen molar-refractivity contribution in [2.75, 3.05) is 0 Å². The molecule has 0 bridgehead atoms. The van der Waals surface area contributed by atoms with Crippen LogP contribution in [0.5, 0.6) is 34.5 Å². The van der Waals surface area contributed by atoms with Crippen LogP contribution in [0.4, 0.5) is 0 Å². The first-order valence-corrected chi connectivity index (χ1v) is 13.4. The fraction of sp³-hybridized carbons (Fsp3) is 0.0286. The van der Waals surface area contributed by atoms with Gasteiger partial charge in [-0.3, -0.25) is 0 Å². The third kappa shape index (κ3) is 7.51. The number of phenols is 2. The Hall–Kier alpha value is -6.42. The van der Waals surface area contributed by atoms with Gasteiger partial charge in [0.2, 0.25) is 0 Å². The largest absolute Gasteiger partial charge is 0.508 e. The summed E-state index contributed by atoms with van der Waals surface area (Å²) in [6, 6.07) is 27.3. The molecule has 0 aromatic heterocycles. The van der Waals surface area contributed by atoms with Crippen LogP contribution in [0.1, 0.15) is 47.0 Å². The zero-order chi connectivity index (χ0) is 31.9. The number of rotatable bonds is 8. The highest BCUT2D eigenvalue weighted by Crippen LogP contribution is 2.29. The third-order valence-corrected chi connectivity index (χ3v) is 6.45. The second-order valence-corrected chi connectivity index (χ2v) is 9.58. The fourth-order valence-corrected chi connectivity index (χ4v) is 3.98. The number of carbonyl (C=O) groups is 4. The molecule has 0 heterocycles. The van der Waals surface area contributed by atoms with Gasteiger partial charge in [-0.05, 0) is 116 Å². The van der Waals surface area contributed by atoms with Crippen LogP contribution in [-0.2, 0) is 0 Å². The van der Waals surface area contributed by atoms with E-state index in [2.05, 4.69) is 0 Å². The Morgan fingerprint density at radius 1 is 0.422 bits per heavy atom. The van der Waals surface area contributed by atoms with E-state index in [4.69, 9.17) is 18.9 Å². The van der Waals surface area contributed by atoms with Gasteiger partial charge in [0.15, 0.2) is 0 Å². The minimum Gasteiger partial charge on any atom is -0.508 e. The highest BCUT2D eigenvalue weighted by molar-refractivity contribution is 5.96. The Balaban J connectivity index is 1.19. The Bertz CT molecular complexity index is 1720. The highest BCUT2D eigenvalue weighted by Gasteiger charge is 2.18. The first-order chi connectivity index (χ1) is 21.7. The molecule has 10 nitrogen and oxygen atoms in total. The molecule has 0 saturated carbocycles. The van der Waals surface area contributed by atoms with E-state index in [1.807, 2.05) is 0 Å². The Morgan fingerprint density at radius 3 is 1.02 bits per heavy atom. The summed E-state index contributed by atoms with van der Waals surface area (Å²) in [5, 5.41) is 18.7. The predicted molar refractivity (Wildman–Crippen MR) is 160 cm³/mol. The molecule has 0 fully saturated rings. The van der Waals surface area contributed by atoms with E-state index in [-0.39, 0.29) is 56.8 Å². The average molecular weight is 605 g/mol. The van der Waals surface area contributed by atoms with Gasteiger partial charge >= 0.3 is 23.9 Å².